The minimum Gasteiger partial charge on any atom is -0.492 e. The number of benzene rings is 1. The molecule has 5 N–H and O–H groups in total. The first-order valence-electron chi connectivity index (χ1n) is 10.2. The van der Waals surface area contributed by atoms with E-state index in [2.05, 4.69) is 5.32 Å². The molecule has 0 aliphatic heterocycles. The van der Waals surface area contributed by atoms with E-state index in [0.29, 0.717) is 52.9 Å². The average Bonchev–Trinajstić information content (AvgIpc) is 3.05. The first kappa shape index (κ1) is 22.7. The first-order chi connectivity index (χ1) is 15.3. The zero-order chi connectivity index (χ0) is 23.3. The fourth-order valence-electron chi connectivity index (χ4n) is 3.28. The van der Waals surface area contributed by atoms with Gasteiger partial charge in [0.15, 0.2) is 0 Å². The molecule has 0 aliphatic carbocycles. The van der Waals surface area contributed by atoms with Crippen LogP contribution in [0.2, 0.25) is 0 Å². The van der Waals surface area contributed by atoms with Gasteiger partial charge in [0.05, 0.1) is 12.0 Å². The van der Waals surface area contributed by atoms with E-state index in [9.17, 15) is 24.6 Å². The quantitative estimate of drug-likeness (QED) is 0.221. The lowest BCUT2D eigenvalue weighted by Crippen LogP contribution is -2.28. The van der Waals surface area contributed by atoms with Crippen molar-refractivity contribution in [3.8, 4) is 11.8 Å². The molecule has 0 bridgehead atoms. The smallest absolute Gasteiger partial charge is 0.340 e. The Hall–Kier alpha value is -3.95. The van der Waals surface area contributed by atoms with Gasteiger partial charge in [0.2, 0.25) is 17.7 Å². The highest BCUT2D eigenvalue weighted by molar-refractivity contribution is 5.86. The molecule has 3 rings (SSSR count). The first-order valence-corrected chi connectivity index (χ1v) is 10.2. The number of carbonyl (C=O) groups excluding carboxylic acids is 2. The SMILES string of the molecule is Cc1c(CC(=O)NCCCCCC(=O)On2c(O)ccc2O)c(=O)oc2cc(N)ccc12. The Morgan fingerprint density at radius 1 is 1.12 bits per heavy atom. The predicted molar refractivity (Wildman–Crippen MR) is 116 cm³/mol. The third-order valence-electron chi connectivity index (χ3n) is 5.02. The molecule has 2 heterocycles. The van der Waals surface area contributed by atoms with Gasteiger partial charge in [0, 0.05) is 42.2 Å². The zero-order valence-electron chi connectivity index (χ0n) is 17.6. The number of rotatable bonds is 9. The molecule has 0 fully saturated rings. The second kappa shape index (κ2) is 9.90. The van der Waals surface area contributed by atoms with E-state index in [1.54, 1.807) is 25.1 Å². The fraction of sp³-hybridized carbons (Fsp3) is 0.318. The van der Waals surface area contributed by atoms with Crippen LogP contribution in [-0.2, 0) is 16.0 Å². The van der Waals surface area contributed by atoms with Crippen molar-refractivity contribution in [2.75, 3.05) is 12.3 Å². The van der Waals surface area contributed by atoms with E-state index < -0.39 is 11.6 Å². The molecule has 10 nitrogen and oxygen atoms in total. The summed E-state index contributed by atoms with van der Waals surface area (Å²) in [4.78, 5) is 41.1. The van der Waals surface area contributed by atoms with Gasteiger partial charge in [-0.1, -0.05) is 6.42 Å². The van der Waals surface area contributed by atoms with Crippen LogP contribution in [0.15, 0.2) is 39.5 Å². The van der Waals surface area contributed by atoms with Crippen LogP contribution in [0.4, 0.5) is 5.69 Å². The van der Waals surface area contributed by atoms with Crippen molar-refractivity contribution in [3.63, 3.8) is 0 Å². The fourth-order valence-corrected chi connectivity index (χ4v) is 3.28. The van der Waals surface area contributed by atoms with Crippen LogP contribution in [0.3, 0.4) is 0 Å². The number of nitrogens with one attached hydrogen (secondary N) is 1. The Bertz CT molecular complexity index is 1180. The zero-order valence-corrected chi connectivity index (χ0v) is 17.6. The largest absolute Gasteiger partial charge is 0.492 e. The molecule has 10 heteroatoms. The van der Waals surface area contributed by atoms with Crippen LogP contribution in [-0.4, -0.2) is 33.4 Å². The number of hydrogen-bond acceptors (Lipinski definition) is 8. The summed E-state index contributed by atoms with van der Waals surface area (Å²) < 4.78 is 5.94. The van der Waals surface area contributed by atoms with Gasteiger partial charge >= 0.3 is 11.6 Å². The Morgan fingerprint density at radius 2 is 1.84 bits per heavy atom. The third-order valence-corrected chi connectivity index (χ3v) is 5.02. The number of unbranched alkanes of at least 4 members (excludes halogenated alkanes) is 2. The summed E-state index contributed by atoms with van der Waals surface area (Å²) in [5.41, 5.74) is 7.02. The summed E-state index contributed by atoms with van der Waals surface area (Å²) in [6, 6.07) is 7.44. The van der Waals surface area contributed by atoms with Crippen LogP contribution in [0.5, 0.6) is 11.8 Å². The normalized spacial score (nSPS) is 10.9. The van der Waals surface area contributed by atoms with Gasteiger partial charge in [0.1, 0.15) is 5.58 Å². The lowest BCUT2D eigenvalue weighted by atomic mass is 10.0. The summed E-state index contributed by atoms with van der Waals surface area (Å²) in [6.45, 7) is 2.16. The van der Waals surface area contributed by atoms with E-state index in [-0.39, 0.29) is 30.5 Å². The average molecular weight is 443 g/mol. The number of aromatic hydroxyl groups is 2. The second-order valence-corrected chi connectivity index (χ2v) is 7.39. The molecule has 0 atom stereocenters. The number of nitrogens with two attached hydrogens (primary N) is 1. The van der Waals surface area contributed by atoms with E-state index in [1.807, 2.05) is 0 Å². The monoisotopic (exact) mass is 443 g/mol. The van der Waals surface area contributed by atoms with Gasteiger partial charge in [-0.2, -0.15) is 0 Å². The van der Waals surface area contributed by atoms with Crippen LogP contribution in [0.25, 0.3) is 11.0 Å². The molecule has 170 valence electrons. The highest BCUT2D eigenvalue weighted by atomic mass is 16.7. The van der Waals surface area contributed by atoms with Gasteiger partial charge in [-0.05, 0) is 37.5 Å². The summed E-state index contributed by atoms with van der Waals surface area (Å²) in [7, 11) is 0. The summed E-state index contributed by atoms with van der Waals surface area (Å²) in [5.74, 6) is -1.65. The lowest BCUT2D eigenvalue weighted by molar-refractivity contribution is -0.145. The van der Waals surface area contributed by atoms with Crippen LogP contribution >= 0.6 is 0 Å². The Balaban J connectivity index is 1.41. The summed E-state index contributed by atoms with van der Waals surface area (Å²) in [5, 5.41) is 22.4. The molecular formula is C22H25N3O7. The van der Waals surface area contributed by atoms with Crippen molar-refractivity contribution in [1.82, 2.24) is 10.0 Å². The number of aromatic nitrogens is 1. The number of nitrogen functional groups attached to an aromatic ring is 1. The predicted octanol–water partition coefficient (Wildman–Crippen LogP) is 1.77. The molecule has 0 aliphatic rings. The van der Waals surface area contributed by atoms with Gasteiger partial charge in [-0.3, -0.25) is 4.79 Å². The van der Waals surface area contributed by atoms with Crippen molar-refractivity contribution in [3.05, 3.63) is 51.9 Å². The number of amides is 1. The molecule has 3 aromatic rings. The van der Waals surface area contributed by atoms with Gasteiger partial charge in [-0.15, -0.1) is 4.73 Å². The van der Waals surface area contributed by atoms with Crippen LogP contribution in [0.1, 0.15) is 36.8 Å². The van der Waals surface area contributed by atoms with Crippen LogP contribution in [0, 0.1) is 6.92 Å². The highest BCUT2D eigenvalue weighted by Gasteiger charge is 2.15. The molecule has 0 spiro atoms. The molecule has 1 aromatic carbocycles. The number of hydrogen-bond donors (Lipinski definition) is 4. The summed E-state index contributed by atoms with van der Waals surface area (Å²) >= 11 is 0. The maximum absolute atomic E-state index is 12.3. The Labute approximate surface area is 183 Å². The molecule has 0 unspecified atom stereocenters. The Kier molecular flexibility index (Phi) is 7.04. The van der Waals surface area contributed by atoms with Gasteiger partial charge in [0.25, 0.3) is 0 Å². The standard InChI is InChI=1S/C22H25N3O7/c1-13-15-7-6-14(23)11-17(15)31-22(30)16(13)12-18(26)24-10-4-2-3-5-21(29)32-25-19(27)8-9-20(25)28/h6-9,11,27-28H,2-5,10,12,23H2,1H3,(H,24,26). The number of carbonyl (C=O) groups is 2. The van der Waals surface area contributed by atoms with Gasteiger partial charge < -0.3 is 30.5 Å². The van der Waals surface area contributed by atoms with Gasteiger partial charge in [-0.25, -0.2) is 9.59 Å². The molecule has 1 amide bonds. The number of aryl methyl sites for hydroxylation is 1. The molecular weight excluding hydrogens is 418 g/mol. The highest BCUT2D eigenvalue weighted by Crippen LogP contribution is 2.22. The Morgan fingerprint density at radius 3 is 2.56 bits per heavy atom. The van der Waals surface area contributed by atoms with Crippen molar-refractivity contribution in [2.45, 2.75) is 39.0 Å². The van der Waals surface area contributed by atoms with E-state index in [0.717, 1.165) is 5.39 Å². The van der Waals surface area contributed by atoms with Crippen LogP contribution < -0.4 is 21.5 Å². The molecule has 2 aromatic heterocycles. The second-order valence-electron chi connectivity index (χ2n) is 7.39. The third kappa shape index (κ3) is 5.39. The van der Waals surface area contributed by atoms with Crippen molar-refractivity contribution in [1.29, 1.82) is 0 Å². The van der Waals surface area contributed by atoms with E-state index >= 15 is 0 Å². The molecule has 0 radical (unpaired) electrons. The van der Waals surface area contributed by atoms with E-state index in [1.165, 1.54) is 12.1 Å². The number of nitrogens with zero attached hydrogens (tertiary/aromatic N) is 1. The minimum absolute atomic E-state index is 0.0901. The molecule has 32 heavy (non-hydrogen) atoms. The van der Waals surface area contributed by atoms with Crippen molar-refractivity contribution >= 4 is 28.5 Å². The number of anilines is 1. The molecule has 0 saturated heterocycles. The lowest BCUT2D eigenvalue weighted by Gasteiger charge is -2.09. The maximum atomic E-state index is 12.3. The van der Waals surface area contributed by atoms with E-state index in [4.69, 9.17) is 15.0 Å². The van der Waals surface area contributed by atoms with Crippen molar-refractivity contribution in [2.24, 2.45) is 0 Å². The summed E-state index contributed by atoms with van der Waals surface area (Å²) in [6.07, 6.45) is 1.78. The maximum Gasteiger partial charge on any atom is 0.340 e. The number of fused-ring (bicyclic) bond motifs is 1. The molecule has 0 saturated carbocycles. The topological polar surface area (TPSA) is 157 Å². The minimum atomic E-state index is -0.601. The van der Waals surface area contributed by atoms with Crippen molar-refractivity contribution < 1.29 is 29.1 Å².